The summed E-state index contributed by atoms with van der Waals surface area (Å²) in [4.78, 5) is 21.6. The zero-order valence-corrected chi connectivity index (χ0v) is 24.2. The van der Waals surface area contributed by atoms with Gasteiger partial charge < -0.3 is 15.7 Å². The summed E-state index contributed by atoms with van der Waals surface area (Å²) in [6, 6.07) is 11.6. The third-order valence-electron chi connectivity index (χ3n) is 8.79. The smallest absolute Gasteiger partial charge is 0.307 e. The minimum atomic E-state index is -0.850. The number of nitrogens with two attached hydrogens (primary N) is 1. The van der Waals surface area contributed by atoms with E-state index in [0.717, 1.165) is 96.9 Å². The van der Waals surface area contributed by atoms with Gasteiger partial charge in [0.25, 0.3) is 0 Å². The lowest BCUT2D eigenvalue weighted by atomic mass is 9.81. The third-order valence-corrected chi connectivity index (χ3v) is 8.79. The molecule has 40 heavy (non-hydrogen) atoms. The van der Waals surface area contributed by atoms with Crippen LogP contribution in [0.5, 0.6) is 0 Å². The number of benzene rings is 2. The number of halogens is 1. The molecule has 212 valence electrons. The first-order chi connectivity index (χ1) is 19.0. The number of aromatic nitrogens is 1. The minimum Gasteiger partial charge on any atom is -0.481 e. The van der Waals surface area contributed by atoms with Gasteiger partial charge in [-0.1, -0.05) is 38.1 Å². The molecule has 0 radical (unpaired) electrons. The topological polar surface area (TPSA) is 82.7 Å². The van der Waals surface area contributed by atoms with Crippen LogP contribution in [0.2, 0.25) is 0 Å². The molecule has 0 unspecified atom stereocenters. The van der Waals surface area contributed by atoms with Gasteiger partial charge in [0.1, 0.15) is 5.82 Å². The minimum absolute atomic E-state index is 0.0609. The normalized spacial score (nSPS) is 17.1. The number of nitrogens with zero attached hydrogens (tertiary/aromatic N) is 3. The Hall–Kier alpha value is -3.29. The van der Waals surface area contributed by atoms with Crippen molar-refractivity contribution in [3.63, 3.8) is 0 Å². The number of rotatable bonds is 7. The van der Waals surface area contributed by atoms with Gasteiger partial charge in [-0.15, -0.1) is 0 Å². The number of hydrogen-bond acceptors (Lipinski definition) is 5. The van der Waals surface area contributed by atoms with Gasteiger partial charge in [-0.25, -0.2) is 4.39 Å². The summed E-state index contributed by atoms with van der Waals surface area (Å²) >= 11 is 0. The molecule has 2 aromatic carbocycles. The predicted octanol–water partition coefficient (Wildman–Crippen LogP) is 5.78. The van der Waals surface area contributed by atoms with Crippen molar-refractivity contribution in [3.05, 3.63) is 81.4 Å². The van der Waals surface area contributed by atoms with Gasteiger partial charge in [0.15, 0.2) is 0 Å². The fourth-order valence-electron chi connectivity index (χ4n) is 6.26. The maximum Gasteiger partial charge on any atom is 0.307 e. The molecule has 2 aliphatic rings. The van der Waals surface area contributed by atoms with Crippen molar-refractivity contribution in [2.45, 2.75) is 73.0 Å². The highest BCUT2D eigenvalue weighted by Gasteiger charge is 2.31. The van der Waals surface area contributed by atoms with E-state index in [-0.39, 0.29) is 24.2 Å². The number of piperidine rings is 1. The van der Waals surface area contributed by atoms with Crippen LogP contribution in [-0.4, -0.2) is 40.6 Å². The van der Waals surface area contributed by atoms with Crippen molar-refractivity contribution < 1.29 is 14.3 Å². The van der Waals surface area contributed by atoms with Gasteiger partial charge in [-0.05, 0) is 78.5 Å². The van der Waals surface area contributed by atoms with Crippen LogP contribution in [0.4, 0.5) is 10.1 Å². The first-order valence-electron chi connectivity index (χ1n) is 14.3. The molecule has 3 aromatic rings. The van der Waals surface area contributed by atoms with Gasteiger partial charge in [0.2, 0.25) is 0 Å². The summed E-state index contributed by atoms with van der Waals surface area (Å²) in [6.45, 7) is 13.1. The van der Waals surface area contributed by atoms with Crippen LogP contribution in [0, 0.1) is 25.1 Å². The van der Waals surface area contributed by atoms with Gasteiger partial charge in [0.05, 0.1) is 17.8 Å². The van der Waals surface area contributed by atoms with Crippen LogP contribution in [0.15, 0.2) is 36.4 Å². The molecular formula is C33H41FN4O2. The Morgan fingerprint density at radius 2 is 1.82 bits per heavy atom. The molecule has 1 aromatic heterocycles. The highest BCUT2D eigenvalue weighted by molar-refractivity contribution is 5.87. The van der Waals surface area contributed by atoms with Crippen molar-refractivity contribution in [1.82, 2.24) is 9.88 Å². The lowest BCUT2D eigenvalue weighted by molar-refractivity contribution is -0.136. The van der Waals surface area contributed by atoms with Crippen molar-refractivity contribution in [2.75, 3.05) is 24.5 Å². The van der Waals surface area contributed by atoms with Crippen LogP contribution >= 0.6 is 0 Å². The van der Waals surface area contributed by atoms with Crippen LogP contribution in [0.1, 0.15) is 65.9 Å². The molecular weight excluding hydrogens is 503 g/mol. The number of carboxylic acid groups (broad SMARTS) is 1. The number of pyridine rings is 1. The second kappa shape index (κ2) is 11.3. The van der Waals surface area contributed by atoms with E-state index in [1.54, 1.807) is 6.07 Å². The summed E-state index contributed by atoms with van der Waals surface area (Å²) in [5, 5.41) is 9.81. The van der Waals surface area contributed by atoms with Crippen molar-refractivity contribution in [3.8, 4) is 11.1 Å². The number of aliphatic carboxylic acids is 1. The zero-order chi connectivity index (χ0) is 28.6. The maximum absolute atomic E-state index is 13.6. The molecule has 0 aliphatic carbocycles. The molecule has 0 spiro atoms. The quantitative estimate of drug-likeness (QED) is 0.393. The largest absolute Gasteiger partial charge is 0.481 e. The summed E-state index contributed by atoms with van der Waals surface area (Å²) in [7, 11) is 0. The van der Waals surface area contributed by atoms with Gasteiger partial charge in [0, 0.05) is 56.1 Å². The Morgan fingerprint density at radius 1 is 1.07 bits per heavy atom. The molecule has 0 saturated carbocycles. The number of aryl methyl sites for hydroxylation is 2. The van der Waals surface area contributed by atoms with Gasteiger partial charge in [-0.2, -0.15) is 0 Å². The summed E-state index contributed by atoms with van der Waals surface area (Å²) < 4.78 is 13.6. The van der Waals surface area contributed by atoms with Gasteiger partial charge >= 0.3 is 5.97 Å². The third kappa shape index (κ3) is 5.91. The Balaban J connectivity index is 1.51. The SMILES string of the molecule is Cc1cc(F)ccc1CN1CCc2cc(-c3c(CN)nc(C)c(CC(=O)O)c3N3CCC(C)(C)CC3)ccc2C1. The van der Waals surface area contributed by atoms with E-state index in [1.807, 2.05) is 19.9 Å². The highest BCUT2D eigenvalue weighted by Crippen LogP contribution is 2.42. The number of anilines is 1. The maximum atomic E-state index is 13.6. The lowest BCUT2D eigenvalue weighted by Crippen LogP contribution is -2.38. The molecule has 7 heteroatoms. The fourth-order valence-corrected chi connectivity index (χ4v) is 6.26. The Bertz CT molecular complexity index is 1420. The number of fused-ring (bicyclic) bond motifs is 1. The number of carboxylic acids is 1. The van der Waals surface area contributed by atoms with E-state index < -0.39 is 5.97 Å². The average molecular weight is 545 g/mol. The van der Waals surface area contributed by atoms with Crippen LogP contribution in [0.3, 0.4) is 0 Å². The van der Waals surface area contributed by atoms with Crippen molar-refractivity contribution in [2.24, 2.45) is 11.1 Å². The second-order valence-electron chi connectivity index (χ2n) is 12.3. The molecule has 0 atom stereocenters. The lowest BCUT2D eigenvalue weighted by Gasteiger charge is -2.40. The highest BCUT2D eigenvalue weighted by atomic mass is 19.1. The molecule has 3 heterocycles. The van der Waals surface area contributed by atoms with Crippen LogP contribution < -0.4 is 10.6 Å². The molecule has 0 amide bonds. The number of hydrogen-bond donors (Lipinski definition) is 2. The zero-order valence-electron chi connectivity index (χ0n) is 24.2. The van der Waals surface area contributed by atoms with E-state index in [2.05, 4.69) is 41.8 Å². The first kappa shape index (κ1) is 28.2. The molecule has 3 N–H and O–H groups in total. The Kier molecular flexibility index (Phi) is 7.98. The van der Waals surface area contributed by atoms with E-state index in [9.17, 15) is 14.3 Å². The molecule has 1 fully saturated rings. The van der Waals surface area contributed by atoms with Crippen molar-refractivity contribution in [1.29, 1.82) is 0 Å². The standard InChI is InChI=1S/C33H41FN4O2/c1-21-15-27(34)8-7-25(21)19-37-12-9-23-16-24(5-6-26(23)20-37)31-29(18-35)36-22(2)28(17-30(39)40)32(31)38-13-10-33(3,4)11-14-38/h5-8,15-16H,9-14,17-20,35H2,1-4H3,(H,39,40). The Labute approximate surface area is 237 Å². The molecule has 0 bridgehead atoms. The number of carbonyl (C=O) groups is 1. The van der Waals surface area contributed by atoms with Crippen molar-refractivity contribution >= 4 is 11.7 Å². The summed E-state index contributed by atoms with van der Waals surface area (Å²) in [5.74, 6) is -1.05. The first-order valence-corrected chi connectivity index (χ1v) is 14.3. The van der Waals surface area contributed by atoms with E-state index in [1.165, 1.54) is 17.2 Å². The average Bonchev–Trinajstić information content (AvgIpc) is 2.91. The fraction of sp³-hybridized carbons (Fsp3) is 0.455. The van der Waals surface area contributed by atoms with E-state index in [4.69, 9.17) is 10.7 Å². The van der Waals surface area contributed by atoms with Crippen LogP contribution in [-0.2, 0) is 37.3 Å². The van der Waals surface area contributed by atoms with Gasteiger partial charge in [-0.3, -0.25) is 14.7 Å². The van der Waals surface area contributed by atoms with Crippen LogP contribution in [0.25, 0.3) is 11.1 Å². The Morgan fingerprint density at radius 3 is 2.50 bits per heavy atom. The molecule has 5 rings (SSSR count). The molecule has 1 saturated heterocycles. The monoisotopic (exact) mass is 544 g/mol. The summed E-state index contributed by atoms with van der Waals surface area (Å²) in [6.07, 6.45) is 2.95. The molecule has 2 aliphatic heterocycles. The van der Waals surface area contributed by atoms with E-state index in [0.29, 0.717) is 0 Å². The summed E-state index contributed by atoms with van der Waals surface area (Å²) in [5.41, 5.74) is 16.7. The predicted molar refractivity (Wildman–Crippen MR) is 158 cm³/mol. The van der Waals surface area contributed by atoms with E-state index >= 15 is 0 Å². The molecule has 6 nitrogen and oxygen atoms in total. The second-order valence-corrected chi connectivity index (χ2v) is 12.3.